The summed E-state index contributed by atoms with van der Waals surface area (Å²) >= 11 is 0. The van der Waals surface area contributed by atoms with Crippen molar-refractivity contribution in [1.82, 2.24) is 0 Å². The van der Waals surface area contributed by atoms with E-state index >= 15 is 0 Å². The van der Waals surface area contributed by atoms with Crippen LogP contribution in [0.5, 0.6) is 5.75 Å². The van der Waals surface area contributed by atoms with Crippen molar-refractivity contribution in [3.05, 3.63) is 36.4 Å². The molecule has 2 nitrogen and oxygen atoms in total. The summed E-state index contributed by atoms with van der Waals surface area (Å²) < 4.78 is 5.68. The minimum atomic E-state index is -0.491. The van der Waals surface area contributed by atoms with Gasteiger partial charge in [0.05, 0.1) is 5.41 Å². The predicted octanol–water partition coefficient (Wildman–Crippen LogP) is 4.95. The molecular formula is C19H24O2S. The minimum Gasteiger partial charge on any atom is -0.425 e. The molecule has 22 heavy (non-hydrogen) atoms. The summed E-state index contributed by atoms with van der Waals surface area (Å²) in [5, 5.41) is 2.32. The number of ether oxygens (including phenoxy) is 1. The Kier molecular flexibility index (Phi) is 4.18. The maximum Gasteiger partial charge on any atom is 0.316 e. The molecule has 0 unspecified atom stereocenters. The lowest BCUT2D eigenvalue weighted by molar-refractivity contribution is -0.142. The molecule has 0 saturated carbocycles. The first-order chi connectivity index (χ1) is 10.5. The van der Waals surface area contributed by atoms with Crippen molar-refractivity contribution in [1.29, 1.82) is 0 Å². The lowest BCUT2D eigenvalue weighted by Gasteiger charge is -2.21. The number of hydrogen-bond acceptors (Lipinski definition) is 2. The van der Waals surface area contributed by atoms with Crippen LogP contribution in [-0.4, -0.2) is 17.5 Å². The van der Waals surface area contributed by atoms with E-state index in [0.717, 1.165) is 5.39 Å². The molecule has 1 fully saturated rings. The van der Waals surface area contributed by atoms with Crippen LogP contribution in [0.3, 0.4) is 0 Å². The average molecular weight is 316 g/mol. The van der Waals surface area contributed by atoms with Crippen LogP contribution in [0.1, 0.15) is 33.6 Å². The van der Waals surface area contributed by atoms with Gasteiger partial charge in [-0.25, -0.2) is 10.9 Å². The van der Waals surface area contributed by atoms with Gasteiger partial charge in [-0.2, -0.15) is 0 Å². The molecule has 0 atom stereocenters. The average Bonchev–Trinajstić information content (AvgIpc) is 3.00. The van der Waals surface area contributed by atoms with Gasteiger partial charge in [-0.15, -0.1) is 0 Å². The molecule has 0 radical (unpaired) electrons. The highest BCUT2D eigenvalue weighted by Gasteiger charge is 2.25. The highest BCUT2D eigenvalue weighted by Crippen LogP contribution is 2.47. The number of thiol groups is 1. The van der Waals surface area contributed by atoms with Gasteiger partial charge < -0.3 is 4.74 Å². The monoisotopic (exact) mass is 316 g/mol. The van der Waals surface area contributed by atoms with E-state index in [1.165, 1.54) is 34.6 Å². The van der Waals surface area contributed by atoms with Gasteiger partial charge >= 0.3 is 5.97 Å². The Balaban J connectivity index is 2.03. The second-order valence-electron chi connectivity index (χ2n) is 6.96. The first-order valence-corrected chi connectivity index (χ1v) is 9.67. The van der Waals surface area contributed by atoms with Gasteiger partial charge in [0, 0.05) is 5.39 Å². The van der Waals surface area contributed by atoms with E-state index < -0.39 is 5.41 Å². The zero-order valence-corrected chi connectivity index (χ0v) is 14.5. The fraction of sp³-hybridized carbons (Fsp3) is 0.421. The van der Waals surface area contributed by atoms with Crippen molar-refractivity contribution in [3.8, 4) is 5.75 Å². The zero-order chi connectivity index (χ0) is 15.7. The highest BCUT2D eigenvalue weighted by molar-refractivity contribution is 8.17. The third-order valence-electron chi connectivity index (χ3n) is 4.12. The van der Waals surface area contributed by atoms with Crippen LogP contribution in [0.4, 0.5) is 0 Å². The van der Waals surface area contributed by atoms with E-state index in [0.29, 0.717) is 5.75 Å². The Labute approximate surface area is 135 Å². The number of rotatable bonds is 2. The van der Waals surface area contributed by atoms with Crippen LogP contribution in [0, 0.1) is 5.41 Å². The van der Waals surface area contributed by atoms with Gasteiger partial charge in [0.25, 0.3) is 0 Å². The molecule has 2 aromatic carbocycles. The van der Waals surface area contributed by atoms with Crippen molar-refractivity contribution in [2.75, 3.05) is 11.5 Å². The molecule has 0 aliphatic carbocycles. The summed E-state index contributed by atoms with van der Waals surface area (Å²) in [7, 11) is -0.0358. The molecule has 1 heterocycles. The molecule has 0 aromatic heterocycles. The third-order valence-corrected chi connectivity index (χ3v) is 6.91. The van der Waals surface area contributed by atoms with Crippen LogP contribution in [0.25, 0.3) is 10.8 Å². The van der Waals surface area contributed by atoms with Gasteiger partial charge in [0.1, 0.15) is 5.75 Å². The summed E-state index contributed by atoms with van der Waals surface area (Å²) in [6.07, 6.45) is 2.70. The Morgan fingerprint density at radius 1 is 1.00 bits per heavy atom. The number of benzene rings is 2. The van der Waals surface area contributed by atoms with E-state index in [-0.39, 0.29) is 16.9 Å². The molecule has 2 aromatic rings. The van der Waals surface area contributed by atoms with Gasteiger partial charge in [-0.1, -0.05) is 24.3 Å². The molecule has 3 heteroatoms. The van der Waals surface area contributed by atoms with Crippen molar-refractivity contribution in [2.24, 2.45) is 5.41 Å². The van der Waals surface area contributed by atoms with Crippen LogP contribution in [-0.2, 0) is 4.79 Å². The summed E-state index contributed by atoms with van der Waals surface area (Å²) in [6, 6.07) is 12.5. The summed E-state index contributed by atoms with van der Waals surface area (Å²) in [6.45, 7) is 5.65. The van der Waals surface area contributed by atoms with Crippen LogP contribution < -0.4 is 4.74 Å². The minimum absolute atomic E-state index is 0.0358. The molecule has 118 valence electrons. The molecule has 0 spiro atoms. The van der Waals surface area contributed by atoms with Crippen molar-refractivity contribution in [3.63, 3.8) is 0 Å². The number of fused-ring (bicyclic) bond motifs is 1. The SMILES string of the molecule is CC(C)(C)C(=O)Oc1ccc([SH]2CCCC2)c2ccccc12. The second-order valence-corrected chi connectivity index (χ2v) is 9.42. The van der Waals surface area contributed by atoms with E-state index in [4.69, 9.17) is 4.74 Å². The largest absolute Gasteiger partial charge is 0.425 e. The van der Waals surface area contributed by atoms with Crippen molar-refractivity contribution < 1.29 is 9.53 Å². The van der Waals surface area contributed by atoms with Gasteiger partial charge in [-0.3, -0.25) is 4.79 Å². The maximum absolute atomic E-state index is 12.2. The molecule has 0 bridgehead atoms. The smallest absolute Gasteiger partial charge is 0.316 e. The Morgan fingerprint density at radius 2 is 1.64 bits per heavy atom. The number of carbonyl (C=O) groups excluding carboxylic acids is 1. The first-order valence-electron chi connectivity index (χ1n) is 7.96. The summed E-state index contributed by atoms with van der Waals surface area (Å²) in [5.41, 5.74) is -0.491. The number of carbonyl (C=O) groups is 1. The third kappa shape index (κ3) is 3.00. The lowest BCUT2D eigenvalue weighted by atomic mass is 9.97. The number of esters is 1. The molecule has 1 aliphatic rings. The van der Waals surface area contributed by atoms with E-state index in [9.17, 15) is 4.79 Å². The topological polar surface area (TPSA) is 26.3 Å². The fourth-order valence-electron chi connectivity index (χ4n) is 2.83. The Morgan fingerprint density at radius 3 is 2.27 bits per heavy atom. The predicted molar refractivity (Wildman–Crippen MR) is 95.3 cm³/mol. The second kappa shape index (κ2) is 5.96. The highest BCUT2D eigenvalue weighted by atomic mass is 32.2. The molecule has 3 rings (SSSR count). The fourth-order valence-corrected chi connectivity index (χ4v) is 5.57. The van der Waals surface area contributed by atoms with E-state index in [1.54, 1.807) is 0 Å². The summed E-state index contributed by atoms with van der Waals surface area (Å²) in [4.78, 5) is 13.7. The van der Waals surface area contributed by atoms with E-state index in [1.807, 2.05) is 32.9 Å². The van der Waals surface area contributed by atoms with Crippen molar-refractivity contribution >= 4 is 27.6 Å². The number of hydrogen-bond donors (Lipinski definition) is 1. The Hall–Kier alpha value is -1.48. The van der Waals surface area contributed by atoms with Crippen LogP contribution in [0.2, 0.25) is 0 Å². The molecule has 1 saturated heterocycles. The zero-order valence-electron chi connectivity index (χ0n) is 13.6. The normalized spacial score (nSPS) is 17.0. The van der Waals surface area contributed by atoms with Gasteiger partial charge in [-0.05, 0) is 67.5 Å². The van der Waals surface area contributed by atoms with Crippen LogP contribution >= 0.6 is 10.9 Å². The van der Waals surface area contributed by atoms with Crippen molar-refractivity contribution in [2.45, 2.75) is 38.5 Å². The molecule has 1 aliphatic heterocycles. The molecule has 0 N–H and O–H groups in total. The lowest BCUT2D eigenvalue weighted by Crippen LogP contribution is -2.25. The van der Waals surface area contributed by atoms with Crippen LogP contribution in [0.15, 0.2) is 41.3 Å². The van der Waals surface area contributed by atoms with E-state index in [2.05, 4.69) is 24.3 Å². The summed E-state index contributed by atoms with van der Waals surface area (Å²) in [5.74, 6) is 3.17. The first kappa shape index (κ1) is 15.4. The maximum atomic E-state index is 12.2. The Bertz CT molecular complexity index is 694. The van der Waals surface area contributed by atoms with Gasteiger partial charge in [0.15, 0.2) is 0 Å². The molecular weight excluding hydrogens is 292 g/mol. The standard InChI is InChI=1S/C19H24O2S/c1-19(2,3)18(20)21-16-10-11-17(22-12-6-7-13-22)15-9-5-4-8-14(15)16/h4-5,8-11,22H,6-7,12-13H2,1-3H3. The quantitative estimate of drug-likeness (QED) is 0.482. The van der Waals surface area contributed by atoms with Gasteiger partial charge in [0.2, 0.25) is 0 Å². The molecule has 0 amide bonds.